The van der Waals surface area contributed by atoms with Gasteiger partial charge in [0, 0.05) is 0 Å². The van der Waals surface area contributed by atoms with Crippen molar-refractivity contribution in [3.8, 4) is 11.5 Å². The fourth-order valence-corrected chi connectivity index (χ4v) is 3.01. The van der Waals surface area contributed by atoms with E-state index in [2.05, 4.69) is 0 Å². The number of rotatable bonds is 8. The van der Waals surface area contributed by atoms with Gasteiger partial charge >= 0.3 is 18.1 Å². The summed E-state index contributed by atoms with van der Waals surface area (Å²) in [5, 5.41) is 31.9. The summed E-state index contributed by atoms with van der Waals surface area (Å²) in [6.45, 7) is 0.732. The van der Waals surface area contributed by atoms with Gasteiger partial charge in [-0.05, 0) is 35.4 Å². The highest BCUT2D eigenvalue weighted by Crippen LogP contribution is 2.20. The number of aromatic carboxylic acids is 2. The molecule has 38 heavy (non-hydrogen) atoms. The maximum atomic E-state index is 11.0. The van der Waals surface area contributed by atoms with Gasteiger partial charge in [-0.3, -0.25) is 0 Å². The lowest BCUT2D eigenvalue weighted by Crippen LogP contribution is -2.02. The number of carbonyl (C=O) groups is 3. The molecule has 0 aliphatic rings. The Morgan fingerprint density at radius 1 is 0.474 bits per heavy atom. The lowest BCUT2D eigenvalue weighted by molar-refractivity contribution is 0.0680. The van der Waals surface area contributed by atoms with E-state index < -0.39 is 18.1 Å². The van der Waals surface area contributed by atoms with E-state index in [1.807, 2.05) is 60.7 Å². The zero-order chi connectivity index (χ0) is 27.8. The highest BCUT2D eigenvalue weighted by atomic mass is 16.6. The van der Waals surface area contributed by atoms with E-state index in [4.69, 9.17) is 34.7 Å². The van der Waals surface area contributed by atoms with Gasteiger partial charge in [0.15, 0.2) is 0 Å². The molecule has 0 heterocycles. The summed E-state index contributed by atoms with van der Waals surface area (Å²) >= 11 is 0. The highest BCUT2D eigenvalue weighted by Gasteiger charge is 2.10. The predicted molar refractivity (Wildman–Crippen MR) is 139 cm³/mol. The second-order valence-electron chi connectivity index (χ2n) is 7.43. The third-order valence-electron chi connectivity index (χ3n) is 4.71. The standard InChI is InChI=1S/2C14H12O3.CH2O3/c2*15-14(16)12-8-4-5-9-13(12)17-10-11-6-2-1-3-7-11;2-1(3)4/h2*1-9H,10H2,(H,15,16);(H2,2,3,4). The molecule has 0 aromatic heterocycles. The molecule has 0 unspecified atom stereocenters. The van der Waals surface area contributed by atoms with E-state index in [1.165, 1.54) is 12.1 Å². The smallest absolute Gasteiger partial charge is 0.488 e. The van der Waals surface area contributed by atoms with Crippen molar-refractivity contribution in [3.63, 3.8) is 0 Å². The Balaban J connectivity index is 0.000000234. The SMILES string of the molecule is O=C(O)O.O=C(O)c1ccccc1OCc1ccccc1.O=C(O)c1ccccc1OCc1ccccc1. The van der Waals surface area contributed by atoms with Crippen molar-refractivity contribution in [1.29, 1.82) is 0 Å². The van der Waals surface area contributed by atoms with Crippen LogP contribution in [-0.2, 0) is 13.2 Å². The van der Waals surface area contributed by atoms with Crippen LogP contribution in [0.25, 0.3) is 0 Å². The van der Waals surface area contributed by atoms with Crippen molar-refractivity contribution in [2.75, 3.05) is 0 Å². The van der Waals surface area contributed by atoms with Crippen LogP contribution in [0, 0.1) is 0 Å². The van der Waals surface area contributed by atoms with E-state index in [0.717, 1.165) is 11.1 Å². The Kier molecular flexibility index (Phi) is 11.9. The molecule has 4 aromatic rings. The summed E-state index contributed by atoms with van der Waals surface area (Å²) in [7, 11) is 0. The fourth-order valence-electron chi connectivity index (χ4n) is 3.01. The Morgan fingerprint density at radius 2 is 0.763 bits per heavy atom. The van der Waals surface area contributed by atoms with Crippen molar-refractivity contribution in [1.82, 2.24) is 0 Å². The van der Waals surface area contributed by atoms with Crippen LogP contribution in [0.3, 0.4) is 0 Å². The Labute approximate surface area is 218 Å². The molecule has 0 atom stereocenters. The van der Waals surface area contributed by atoms with E-state index in [-0.39, 0.29) is 11.1 Å². The van der Waals surface area contributed by atoms with Gasteiger partial charge in [0.2, 0.25) is 0 Å². The first-order chi connectivity index (χ1) is 18.3. The number of para-hydroxylation sites is 2. The summed E-state index contributed by atoms with van der Waals surface area (Å²) in [4.78, 5) is 30.5. The maximum absolute atomic E-state index is 11.0. The lowest BCUT2D eigenvalue weighted by atomic mass is 10.2. The van der Waals surface area contributed by atoms with Gasteiger partial charge < -0.3 is 29.9 Å². The van der Waals surface area contributed by atoms with E-state index in [1.54, 1.807) is 36.4 Å². The van der Waals surface area contributed by atoms with Gasteiger partial charge in [0.25, 0.3) is 0 Å². The first kappa shape index (κ1) is 28.9. The molecule has 196 valence electrons. The average Bonchev–Trinajstić information content (AvgIpc) is 2.92. The molecule has 0 bridgehead atoms. The minimum Gasteiger partial charge on any atom is -0.488 e. The van der Waals surface area contributed by atoms with Gasteiger partial charge in [-0.2, -0.15) is 0 Å². The number of benzene rings is 4. The molecular weight excluding hydrogens is 492 g/mol. The van der Waals surface area contributed by atoms with Crippen LogP contribution < -0.4 is 9.47 Å². The number of carboxylic acids is 2. The molecule has 0 saturated heterocycles. The third kappa shape index (κ3) is 10.5. The van der Waals surface area contributed by atoms with Gasteiger partial charge in [-0.25, -0.2) is 14.4 Å². The Hall–Kier alpha value is -5.31. The molecular formula is C29H26O9. The number of carboxylic acid groups (broad SMARTS) is 4. The first-order valence-corrected chi connectivity index (χ1v) is 11.2. The van der Waals surface area contributed by atoms with Crippen LogP contribution in [-0.4, -0.2) is 38.5 Å². The zero-order valence-electron chi connectivity index (χ0n) is 20.1. The maximum Gasteiger partial charge on any atom is 0.503 e. The predicted octanol–water partition coefficient (Wildman–Crippen LogP) is 6.15. The average molecular weight is 519 g/mol. The molecule has 0 fully saturated rings. The number of hydrogen-bond donors (Lipinski definition) is 4. The summed E-state index contributed by atoms with van der Waals surface area (Å²) < 4.78 is 11.0. The molecule has 9 nitrogen and oxygen atoms in total. The molecule has 4 N–H and O–H groups in total. The van der Waals surface area contributed by atoms with Crippen LogP contribution in [0.1, 0.15) is 31.8 Å². The van der Waals surface area contributed by atoms with E-state index in [0.29, 0.717) is 24.7 Å². The Morgan fingerprint density at radius 3 is 1.08 bits per heavy atom. The van der Waals surface area contributed by atoms with Crippen molar-refractivity contribution in [2.24, 2.45) is 0 Å². The van der Waals surface area contributed by atoms with Crippen molar-refractivity contribution >= 4 is 18.1 Å². The summed E-state index contributed by atoms with van der Waals surface area (Å²) in [6.07, 6.45) is -1.83. The molecule has 4 aromatic carbocycles. The van der Waals surface area contributed by atoms with Gasteiger partial charge in [-0.15, -0.1) is 0 Å². The summed E-state index contributed by atoms with van der Waals surface area (Å²) in [5.74, 6) is -1.17. The zero-order valence-corrected chi connectivity index (χ0v) is 20.1. The molecule has 9 heteroatoms. The quantitative estimate of drug-likeness (QED) is 0.215. The largest absolute Gasteiger partial charge is 0.503 e. The normalized spacial score (nSPS) is 9.47. The van der Waals surface area contributed by atoms with Gasteiger partial charge in [-0.1, -0.05) is 84.9 Å². The van der Waals surface area contributed by atoms with Crippen molar-refractivity contribution in [2.45, 2.75) is 13.2 Å². The number of hydrogen-bond acceptors (Lipinski definition) is 5. The molecule has 0 aliphatic carbocycles. The molecule has 0 amide bonds. The van der Waals surface area contributed by atoms with E-state index in [9.17, 15) is 9.59 Å². The van der Waals surface area contributed by atoms with E-state index >= 15 is 0 Å². The van der Waals surface area contributed by atoms with Gasteiger partial charge in [0.1, 0.15) is 35.8 Å². The molecule has 0 spiro atoms. The Bertz CT molecular complexity index is 1200. The van der Waals surface area contributed by atoms with Crippen LogP contribution in [0.4, 0.5) is 4.79 Å². The topological polar surface area (TPSA) is 151 Å². The first-order valence-electron chi connectivity index (χ1n) is 11.2. The lowest BCUT2D eigenvalue weighted by Gasteiger charge is -2.08. The fraction of sp³-hybridized carbons (Fsp3) is 0.0690. The molecule has 0 aliphatic heterocycles. The van der Waals surface area contributed by atoms with Crippen LogP contribution in [0.15, 0.2) is 109 Å². The molecule has 0 radical (unpaired) electrons. The minimum atomic E-state index is -1.83. The highest BCUT2D eigenvalue weighted by molar-refractivity contribution is 5.91. The third-order valence-corrected chi connectivity index (χ3v) is 4.71. The van der Waals surface area contributed by atoms with Gasteiger partial charge in [0.05, 0.1) is 0 Å². The number of ether oxygens (including phenoxy) is 2. The second-order valence-corrected chi connectivity index (χ2v) is 7.43. The minimum absolute atomic E-state index is 0.184. The summed E-state index contributed by atoms with van der Waals surface area (Å²) in [6, 6.07) is 32.5. The van der Waals surface area contributed by atoms with Crippen molar-refractivity contribution < 1.29 is 44.3 Å². The monoisotopic (exact) mass is 518 g/mol. The second kappa shape index (κ2) is 15.6. The van der Waals surface area contributed by atoms with Crippen LogP contribution >= 0.6 is 0 Å². The van der Waals surface area contributed by atoms with Crippen LogP contribution in [0.2, 0.25) is 0 Å². The molecule has 4 rings (SSSR count). The summed E-state index contributed by atoms with van der Waals surface area (Å²) in [5.41, 5.74) is 2.38. The molecule has 0 saturated carbocycles. The van der Waals surface area contributed by atoms with Crippen LogP contribution in [0.5, 0.6) is 11.5 Å². The van der Waals surface area contributed by atoms with Crippen molar-refractivity contribution in [3.05, 3.63) is 131 Å².